The van der Waals surface area contributed by atoms with Gasteiger partial charge in [-0.05, 0) is 45.3 Å². The SMILES string of the molecule is CCN1CCCC(OC2CCCNC2)C1. The lowest BCUT2D eigenvalue weighted by molar-refractivity contribution is -0.0544. The summed E-state index contributed by atoms with van der Waals surface area (Å²) in [5.41, 5.74) is 0. The van der Waals surface area contributed by atoms with Crippen molar-refractivity contribution >= 4 is 0 Å². The number of rotatable bonds is 3. The smallest absolute Gasteiger partial charge is 0.0706 e. The molecule has 88 valence electrons. The van der Waals surface area contributed by atoms with Gasteiger partial charge < -0.3 is 15.0 Å². The predicted molar refractivity (Wildman–Crippen MR) is 62.1 cm³/mol. The Morgan fingerprint density at radius 1 is 1.27 bits per heavy atom. The number of likely N-dealkylation sites (tertiary alicyclic amines) is 1. The van der Waals surface area contributed by atoms with Crippen LogP contribution in [0.1, 0.15) is 32.6 Å². The molecule has 1 N–H and O–H groups in total. The van der Waals surface area contributed by atoms with Gasteiger partial charge in [-0.2, -0.15) is 0 Å². The highest BCUT2D eigenvalue weighted by atomic mass is 16.5. The Labute approximate surface area is 93.2 Å². The van der Waals surface area contributed by atoms with Gasteiger partial charge in [0.15, 0.2) is 0 Å². The third-order valence-electron chi connectivity index (χ3n) is 3.55. The van der Waals surface area contributed by atoms with Gasteiger partial charge in [0.1, 0.15) is 0 Å². The first-order valence-electron chi connectivity index (χ1n) is 6.47. The van der Waals surface area contributed by atoms with E-state index in [9.17, 15) is 0 Å². The van der Waals surface area contributed by atoms with E-state index in [1.165, 1.54) is 45.3 Å². The van der Waals surface area contributed by atoms with Crippen molar-refractivity contribution in [2.75, 3.05) is 32.7 Å². The maximum Gasteiger partial charge on any atom is 0.0706 e. The lowest BCUT2D eigenvalue weighted by Gasteiger charge is -2.35. The number of piperidine rings is 2. The van der Waals surface area contributed by atoms with Crippen LogP contribution in [0.25, 0.3) is 0 Å². The van der Waals surface area contributed by atoms with Gasteiger partial charge in [-0.3, -0.25) is 0 Å². The van der Waals surface area contributed by atoms with Crippen molar-refractivity contribution in [3.05, 3.63) is 0 Å². The first-order valence-corrected chi connectivity index (χ1v) is 6.47. The first-order chi connectivity index (χ1) is 7.38. The Bertz CT molecular complexity index is 180. The molecule has 0 aliphatic carbocycles. The minimum atomic E-state index is 0.473. The molecule has 2 aliphatic heterocycles. The van der Waals surface area contributed by atoms with Gasteiger partial charge in [0.05, 0.1) is 12.2 Å². The van der Waals surface area contributed by atoms with Crippen LogP contribution in [0, 0.1) is 0 Å². The fourth-order valence-corrected chi connectivity index (χ4v) is 2.62. The van der Waals surface area contributed by atoms with Crippen molar-refractivity contribution in [2.24, 2.45) is 0 Å². The van der Waals surface area contributed by atoms with Gasteiger partial charge in [0, 0.05) is 13.1 Å². The summed E-state index contributed by atoms with van der Waals surface area (Å²) in [7, 11) is 0. The normalized spacial score (nSPS) is 34.2. The predicted octanol–water partition coefficient (Wildman–Crippen LogP) is 1.24. The summed E-state index contributed by atoms with van der Waals surface area (Å²) in [6, 6.07) is 0. The van der Waals surface area contributed by atoms with E-state index < -0.39 is 0 Å². The molecule has 2 heterocycles. The quantitative estimate of drug-likeness (QED) is 0.762. The van der Waals surface area contributed by atoms with E-state index in [0.717, 1.165) is 13.1 Å². The van der Waals surface area contributed by atoms with Gasteiger partial charge in [0.2, 0.25) is 0 Å². The van der Waals surface area contributed by atoms with Gasteiger partial charge in [0.25, 0.3) is 0 Å². The number of ether oxygens (including phenoxy) is 1. The highest BCUT2D eigenvalue weighted by Gasteiger charge is 2.23. The van der Waals surface area contributed by atoms with Gasteiger partial charge in [-0.15, -0.1) is 0 Å². The monoisotopic (exact) mass is 212 g/mol. The summed E-state index contributed by atoms with van der Waals surface area (Å²) in [6.07, 6.45) is 6.04. The van der Waals surface area contributed by atoms with Crippen LogP contribution in [0.4, 0.5) is 0 Å². The van der Waals surface area contributed by atoms with Crippen molar-refractivity contribution < 1.29 is 4.74 Å². The highest BCUT2D eigenvalue weighted by molar-refractivity contribution is 4.76. The fourth-order valence-electron chi connectivity index (χ4n) is 2.62. The van der Waals surface area contributed by atoms with Gasteiger partial charge >= 0.3 is 0 Å². The number of nitrogens with zero attached hydrogens (tertiary/aromatic N) is 1. The second-order valence-corrected chi connectivity index (χ2v) is 4.76. The third kappa shape index (κ3) is 3.44. The zero-order valence-electron chi connectivity index (χ0n) is 9.87. The Morgan fingerprint density at radius 2 is 2.13 bits per heavy atom. The molecule has 0 aromatic carbocycles. The Kier molecular flexibility index (Phi) is 4.42. The molecule has 2 atom stereocenters. The average Bonchev–Trinajstić information content (AvgIpc) is 2.31. The Balaban J connectivity index is 1.72. The molecular formula is C12H24N2O. The molecular weight excluding hydrogens is 188 g/mol. The fraction of sp³-hybridized carbons (Fsp3) is 1.00. The number of likely N-dealkylation sites (N-methyl/N-ethyl adjacent to an activating group) is 1. The zero-order chi connectivity index (χ0) is 10.5. The van der Waals surface area contributed by atoms with E-state index in [1.807, 2.05) is 0 Å². The summed E-state index contributed by atoms with van der Waals surface area (Å²) in [5.74, 6) is 0. The minimum absolute atomic E-state index is 0.473. The molecule has 0 spiro atoms. The molecule has 3 heteroatoms. The van der Waals surface area contributed by atoms with Crippen LogP contribution < -0.4 is 5.32 Å². The molecule has 0 aromatic heterocycles. The molecule has 15 heavy (non-hydrogen) atoms. The topological polar surface area (TPSA) is 24.5 Å². The van der Waals surface area contributed by atoms with Crippen LogP contribution in [0.2, 0.25) is 0 Å². The summed E-state index contributed by atoms with van der Waals surface area (Å²) in [4.78, 5) is 2.50. The van der Waals surface area contributed by atoms with Crippen LogP contribution in [0.3, 0.4) is 0 Å². The van der Waals surface area contributed by atoms with Crippen molar-refractivity contribution in [2.45, 2.75) is 44.8 Å². The minimum Gasteiger partial charge on any atom is -0.372 e. The standard InChI is InChI=1S/C12H24N2O/c1-2-14-8-4-6-12(10-14)15-11-5-3-7-13-9-11/h11-13H,2-10H2,1H3. The largest absolute Gasteiger partial charge is 0.372 e. The molecule has 2 rings (SSSR count). The average molecular weight is 212 g/mol. The molecule has 2 fully saturated rings. The summed E-state index contributed by atoms with van der Waals surface area (Å²) >= 11 is 0. The highest BCUT2D eigenvalue weighted by Crippen LogP contribution is 2.17. The Hall–Kier alpha value is -0.120. The van der Waals surface area contributed by atoms with E-state index >= 15 is 0 Å². The van der Waals surface area contributed by atoms with Crippen molar-refractivity contribution in [1.82, 2.24) is 10.2 Å². The number of hydrogen-bond acceptors (Lipinski definition) is 3. The molecule has 2 aliphatic rings. The lowest BCUT2D eigenvalue weighted by Crippen LogP contribution is -2.44. The van der Waals surface area contributed by atoms with E-state index in [2.05, 4.69) is 17.1 Å². The van der Waals surface area contributed by atoms with Crippen LogP contribution >= 0.6 is 0 Å². The molecule has 0 aromatic rings. The molecule has 3 nitrogen and oxygen atoms in total. The molecule has 0 saturated carbocycles. The van der Waals surface area contributed by atoms with Crippen molar-refractivity contribution in [3.63, 3.8) is 0 Å². The summed E-state index contributed by atoms with van der Waals surface area (Å²) in [5, 5.41) is 3.41. The van der Waals surface area contributed by atoms with E-state index in [-0.39, 0.29) is 0 Å². The Morgan fingerprint density at radius 3 is 2.87 bits per heavy atom. The maximum absolute atomic E-state index is 6.16. The van der Waals surface area contributed by atoms with Crippen LogP contribution in [-0.2, 0) is 4.74 Å². The third-order valence-corrected chi connectivity index (χ3v) is 3.55. The lowest BCUT2D eigenvalue weighted by atomic mass is 10.1. The summed E-state index contributed by atoms with van der Waals surface area (Å²) < 4.78 is 6.16. The molecule has 2 saturated heterocycles. The molecule has 2 unspecified atom stereocenters. The second kappa shape index (κ2) is 5.83. The van der Waals surface area contributed by atoms with Gasteiger partial charge in [-0.1, -0.05) is 6.92 Å². The van der Waals surface area contributed by atoms with E-state index in [4.69, 9.17) is 4.74 Å². The number of hydrogen-bond donors (Lipinski definition) is 1. The van der Waals surface area contributed by atoms with E-state index in [1.54, 1.807) is 0 Å². The summed E-state index contributed by atoms with van der Waals surface area (Å²) in [6.45, 7) is 8.05. The maximum atomic E-state index is 6.16. The number of nitrogens with one attached hydrogen (secondary N) is 1. The molecule has 0 amide bonds. The zero-order valence-corrected chi connectivity index (χ0v) is 9.87. The van der Waals surface area contributed by atoms with Gasteiger partial charge in [-0.25, -0.2) is 0 Å². The van der Waals surface area contributed by atoms with Crippen molar-refractivity contribution in [1.29, 1.82) is 0 Å². The van der Waals surface area contributed by atoms with E-state index in [0.29, 0.717) is 12.2 Å². The van der Waals surface area contributed by atoms with Crippen molar-refractivity contribution in [3.8, 4) is 0 Å². The van der Waals surface area contributed by atoms with Crippen LogP contribution in [-0.4, -0.2) is 49.8 Å². The second-order valence-electron chi connectivity index (χ2n) is 4.76. The molecule has 0 radical (unpaired) electrons. The van der Waals surface area contributed by atoms with Crippen LogP contribution in [0.15, 0.2) is 0 Å². The molecule has 0 bridgehead atoms. The first kappa shape index (κ1) is 11.4. The van der Waals surface area contributed by atoms with Crippen LogP contribution in [0.5, 0.6) is 0 Å².